The summed E-state index contributed by atoms with van der Waals surface area (Å²) >= 11 is 17.3. The number of rotatable bonds is 4. The summed E-state index contributed by atoms with van der Waals surface area (Å²) in [6, 6.07) is 11.3. The van der Waals surface area contributed by atoms with Crippen molar-refractivity contribution in [1.29, 1.82) is 0 Å². The highest BCUT2D eigenvalue weighted by Crippen LogP contribution is 2.32. The number of hydrogen-bond donors (Lipinski definition) is 2. The number of carbonyl (C=O) groups is 2. The number of ether oxygens (including phenoxy) is 1. The lowest BCUT2D eigenvalue weighted by Gasteiger charge is -2.35. The SMILES string of the molecule is COC(=O)C1=C(C)N(C)C(=S)NC1c1cccc(NC(=O)c2ccc(Cl)c(Cl)c2)c1. The van der Waals surface area contributed by atoms with Crippen LogP contribution in [0.5, 0.6) is 0 Å². The molecule has 3 rings (SSSR count). The van der Waals surface area contributed by atoms with Crippen molar-refractivity contribution in [3.63, 3.8) is 0 Å². The van der Waals surface area contributed by atoms with Gasteiger partial charge in [-0.2, -0.15) is 0 Å². The first-order valence-electron chi connectivity index (χ1n) is 8.92. The summed E-state index contributed by atoms with van der Waals surface area (Å²) in [5.41, 5.74) is 2.82. The van der Waals surface area contributed by atoms with Gasteiger partial charge in [0.1, 0.15) is 0 Å². The minimum atomic E-state index is -0.511. The lowest BCUT2D eigenvalue weighted by molar-refractivity contribution is -0.136. The third-order valence-electron chi connectivity index (χ3n) is 4.82. The number of hydrogen-bond acceptors (Lipinski definition) is 4. The maximum atomic E-state index is 12.6. The van der Waals surface area contributed by atoms with Gasteiger partial charge in [-0.1, -0.05) is 35.3 Å². The maximum Gasteiger partial charge on any atom is 0.337 e. The van der Waals surface area contributed by atoms with Crippen LogP contribution >= 0.6 is 35.4 Å². The third-order valence-corrected chi connectivity index (χ3v) is 5.95. The molecule has 0 spiro atoms. The molecule has 0 fully saturated rings. The number of carbonyl (C=O) groups excluding carboxylic acids is 2. The van der Waals surface area contributed by atoms with Gasteiger partial charge in [-0.05, 0) is 55.0 Å². The van der Waals surface area contributed by atoms with E-state index in [1.54, 1.807) is 42.3 Å². The maximum absolute atomic E-state index is 12.6. The number of benzene rings is 2. The predicted molar refractivity (Wildman–Crippen MR) is 122 cm³/mol. The molecular weight excluding hydrogens is 445 g/mol. The second kappa shape index (κ2) is 9.04. The molecular formula is C21H19Cl2N3O3S. The highest BCUT2D eigenvalue weighted by atomic mass is 35.5. The molecule has 0 aliphatic carbocycles. The lowest BCUT2D eigenvalue weighted by Crippen LogP contribution is -2.46. The van der Waals surface area contributed by atoms with Crippen molar-refractivity contribution in [1.82, 2.24) is 10.2 Å². The minimum Gasteiger partial charge on any atom is -0.466 e. The van der Waals surface area contributed by atoms with Crippen molar-refractivity contribution in [2.24, 2.45) is 0 Å². The summed E-state index contributed by atoms with van der Waals surface area (Å²) in [6.45, 7) is 1.81. The molecule has 1 aliphatic rings. The lowest BCUT2D eigenvalue weighted by atomic mass is 9.95. The number of methoxy groups -OCH3 is 1. The Morgan fingerprint density at radius 2 is 1.90 bits per heavy atom. The molecule has 6 nitrogen and oxygen atoms in total. The Bertz CT molecular complexity index is 1070. The van der Waals surface area contributed by atoms with E-state index in [4.69, 9.17) is 40.2 Å². The first kappa shape index (κ1) is 22.1. The van der Waals surface area contributed by atoms with Gasteiger partial charge in [0, 0.05) is 24.0 Å². The Hall–Kier alpha value is -2.61. The zero-order valence-electron chi connectivity index (χ0n) is 16.5. The molecule has 1 atom stereocenters. The molecule has 0 radical (unpaired) electrons. The number of allylic oxidation sites excluding steroid dienone is 1. The van der Waals surface area contributed by atoms with E-state index in [0.717, 1.165) is 5.56 Å². The summed E-state index contributed by atoms with van der Waals surface area (Å²) < 4.78 is 4.97. The molecule has 0 saturated carbocycles. The van der Waals surface area contributed by atoms with E-state index < -0.39 is 12.0 Å². The molecule has 0 aromatic heterocycles. The third kappa shape index (κ3) is 4.43. The van der Waals surface area contributed by atoms with Crippen molar-refractivity contribution in [2.75, 3.05) is 19.5 Å². The molecule has 0 bridgehead atoms. The zero-order valence-corrected chi connectivity index (χ0v) is 18.8. The van der Waals surface area contributed by atoms with E-state index in [-0.39, 0.29) is 5.91 Å². The van der Waals surface area contributed by atoms with Crippen molar-refractivity contribution in [2.45, 2.75) is 13.0 Å². The van der Waals surface area contributed by atoms with Crippen LogP contribution in [0.1, 0.15) is 28.9 Å². The quantitative estimate of drug-likeness (QED) is 0.511. The summed E-state index contributed by atoms with van der Waals surface area (Å²) in [4.78, 5) is 26.7. The molecule has 1 aliphatic heterocycles. The second-order valence-corrected chi connectivity index (χ2v) is 7.84. The summed E-state index contributed by atoms with van der Waals surface area (Å²) in [5.74, 6) is -0.790. The molecule has 2 aromatic rings. The van der Waals surface area contributed by atoms with Gasteiger partial charge >= 0.3 is 5.97 Å². The Balaban J connectivity index is 1.92. The number of halogens is 2. The highest BCUT2D eigenvalue weighted by Gasteiger charge is 2.33. The van der Waals surface area contributed by atoms with Gasteiger partial charge in [0.15, 0.2) is 5.11 Å². The smallest absolute Gasteiger partial charge is 0.337 e. The van der Waals surface area contributed by atoms with Crippen LogP contribution in [-0.4, -0.2) is 36.0 Å². The fourth-order valence-electron chi connectivity index (χ4n) is 3.10. The van der Waals surface area contributed by atoms with E-state index in [1.165, 1.54) is 13.2 Å². The standard InChI is InChI=1S/C21H19Cl2N3O3S/c1-11-17(20(28)29-3)18(25-21(30)26(11)2)12-5-4-6-14(9-12)24-19(27)13-7-8-15(22)16(23)10-13/h4-10,18H,1-3H3,(H,24,27)(H,25,30). The number of thiocarbonyl (C=S) groups is 1. The molecule has 2 N–H and O–H groups in total. The van der Waals surface area contributed by atoms with Gasteiger partial charge in [0.05, 0.1) is 28.8 Å². The number of esters is 1. The summed E-state index contributed by atoms with van der Waals surface area (Å²) in [5, 5.41) is 7.14. The number of nitrogens with zero attached hydrogens (tertiary/aromatic N) is 1. The fourth-order valence-corrected chi connectivity index (χ4v) is 3.65. The monoisotopic (exact) mass is 463 g/mol. The van der Waals surface area contributed by atoms with Crippen LogP contribution in [0.25, 0.3) is 0 Å². The molecule has 9 heteroatoms. The van der Waals surface area contributed by atoms with Crippen LogP contribution in [0, 0.1) is 0 Å². The van der Waals surface area contributed by atoms with Crippen LogP contribution in [-0.2, 0) is 9.53 Å². The van der Waals surface area contributed by atoms with E-state index in [9.17, 15) is 9.59 Å². The minimum absolute atomic E-state index is 0.297. The van der Waals surface area contributed by atoms with Gasteiger partial charge < -0.3 is 20.3 Å². The number of anilines is 1. The Morgan fingerprint density at radius 3 is 2.57 bits per heavy atom. The van der Waals surface area contributed by atoms with Gasteiger partial charge in [0.2, 0.25) is 0 Å². The van der Waals surface area contributed by atoms with Gasteiger partial charge in [0.25, 0.3) is 5.91 Å². The average Bonchev–Trinajstić information content (AvgIpc) is 2.73. The van der Waals surface area contributed by atoms with Crippen molar-refractivity contribution < 1.29 is 14.3 Å². The van der Waals surface area contributed by atoms with E-state index in [2.05, 4.69) is 10.6 Å². The molecule has 2 aromatic carbocycles. The average molecular weight is 464 g/mol. The second-order valence-electron chi connectivity index (χ2n) is 6.64. The van der Waals surface area contributed by atoms with Gasteiger partial charge in [-0.3, -0.25) is 4.79 Å². The number of amides is 1. The zero-order chi connectivity index (χ0) is 22.0. The molecule has 30 heavy (non-hydrogen) atoms. The Morgan fingerprint density at radius 1 is 1.17 bits per heavy atom. The van der Waals surface area contributed by atoms with E-state index in [1.807, 2.05) is 13.0 Å². The van der Waals surface area contributed by atoms with Crippen LogP contribution in [0.15, 0.2) is 53.7 Å². The van der Waals surface area contributed by atoms with Crippen LogP contribution in [0.3, 0.4) is 0 Å². The summed E-state index contributed by atoms with van der Waals surface area (Å²) in [7, 11) is 3.11. The first-order chi connectivity index (χ1) is 14.2. The Kier molecular flexibility index (Phi) is 6.65. The first-order valence-corrected chi connectivity index (χ1v) is 10.1. The van der Waals surface area contributed by atoms with Crippen molar-refractivity contribution in [3.05, 3.63) is 74.9 Å². The van der Waals surface area contributed by atoms with Crippen LogP contribution in [0.4, 0.5) is 5.69 Å². The summed E-state index contributed by atoms with van der Waals surface area (Å²) in [6.07, 6.45) is 0. The van der Waals surface area contributed by atoms with Gasteiger partial charge in [-0.25, -0.2) is 4.79 Å². The topological polar surface area (TPSA) is 70.7 Å². The van der Waals surface area contributed by atoms with Crippen LogP contribution in [0.2, 0.25) is 10.0 Å². The fraction of sp³-hybridized carbons (Fsp3) is 0.190. The largest absolute Gasteiger partial charge is 0.466 e. The molecule has 1 heterocycles. The molecule has 1 amide bonds. The van der Waals surface area contributed by atoms with Crippen molar-refractivity contribution >= 4 is 58.1 Å². The van der Waals surface area contributed by atoms with Crippen molar-refractivity contribution in [3.8, 4) is 0 Å². The molecule has 0 saturated heterocycles. The Labute approximate surface area is 189 Å². The molecule has 1 unspecified atom stereocenters. The number of nitrogens with one attached hydrogen (secondary N) is 2. The highest BCUT2D eigenvalue weighted by molar-refractivity contribution is 7.80. The van der Waals surface area contributed by atoms with Crippen LogP contribution < -0.4 is 10.6 Å². The predicted octanol–water partition coefficient (Wildman–Crippen LogP) is 4.55. The van der Waals surface area contributed by atoms with Gasteiger partial charge in [-0.15, -0.1) is 0 Å². The molecule has 156 valence electrons. The van der Waals surface area contributed by atoms with E-state index >= 15 is 0 Å². The normalized spacial score (nSPS) is 16.2. The van der Waals surface area contributed by atoms with E-state index in [0.29, 0.717) is 37.7 Å².